The molecule has 0 atom stereocenters. The molecule has 0 amide bonds. The normalized spacial score (nSPS) is 11.5. The number of H-pyrrole nitrogens is 1. The SMILES string of the molecule is CNc1ccc2cc(-c3cc(-n4ccc(=O)[nH]c4=O)cc(C(C)(C)CO)c3OC)ccc2c1. The largest absolute Gasteiger partial charge is 0.496 e. The number of nitrogens with zero attached hydrogens (tertiary/aromatic N) is 1. The van der Waals surface area contributed by atoms with Crippen molar-refractivity contribution in [3.8, 4) is 22.6 Å². The van der Waals surface area contributed by atoms with Crippen LogP contribution in [0.5, 0.6) is 5.75 Å². The molecule has 0 fully saturated rings. The Balaban J connectivity index is 2.02. The molecule has 4 aromatic rings. The number of anilines is 1. The Morgan fingerprint density at radius 3 is 2.42 bits per heavy atom. The average Bonchev–Trinajstić information content (AvgIpc) is 2.82. The standard InChI is InChI=1S/C26H27N3O4/c1-26(2,15-30)22-14-20(29-10-9-23(31)28-25(29)32)13-21(24(22)33-4)18-6-5-17-12-19(27-3)8-7-16(17)11-18/h5-14,27,30H,15H2,1-4H3,(H,28,31,32). The Hall–Kier alpha value is -3.84. The molecule has 33 heavy (non-hydrogen) atoms. The summed E-state index contributed by atoms with van der Waals surface area (Å²) in [5.41, 5.74) is 2.40. The van der Waals surface area contributed by atoms with Gasteiger partial charge >= 0.3 is 5.69 Å². The van der Waals surface area contributed by atoms with Gasteiger partial charge in [0, 0.05) is 41.5 Å². The van der Waals surface area contributed by atoms with Crippen molar-refractivity contribution in [2.45, 2.75) is 19.3 Å². The number of rotatable bonds is 6. The fourth-order valence-corrected chi connectivity index (χ4v) is 3.96. The van der Waals surface area contributed by atoms with Crippen molar-refractivity contribution in [3.63, 3.8) is 0 Å². The number of aromatic nitrogens is 2. The van der Waals surface area contributed by atoms with Crippen LogP contribution in [0, 0.1) is 0 Å². The second kappa shape index (κ2) is 8.60. The van der Waals surface area contributed by atoms with Crippen molar-refractivity contribution in [1.82, 2.24) is 9.55 Å². The zero-order valence-electron chi connectivity index (χ0n) is 19.1. The van der Waals surface area contributed by atoms with E-state index in [9.17, 15) is 14.7 Å². The van der Waals surface area contributed by atoms with Gasteiger partial charge in [-0.05, 0) is 46.7 Å². The lowest BCUT2D eigenvalue weighted by Crippen LogP contribution is -2.28. The van der Waals surface area contributed by atoms with E-state index >= 15 is 0 Å². The van der Waals surface area contributed by atoms with E-state index in [4.69, 9.17) is 4.74 Å². The van der Waals surface area contributed by atoms with Crippen LogP contribution in [0.4, 0.5) is 5.69 Å². The second-order valence-electron chi connectivity index (χ2n) is 8.62. The number of aromatic amines is 1. The first kappa shape index (κ1) is 22.4. The van der Waals surface area contributed by atoms with Crippen LogP contribution in [-0.4, -0.2) is 35.4 Å². The van der Waals surface area contributed by atoms with Gasteiger partial charge in [0.1, 0.15) is 5.75 Å². The fourth-order valence-electron chi connectivity index (χ4n) is 3.96. The number of aliphatic hydroxyl groups is 1. The molecule has 3 aromatic carbocycles. The summed E-state index contributed by atoms with van der Waals surface area (Å²) in [4.78, 5) is 26.4. The molecule has 0 aliphatic rings. The van der Waals surface area contributed by atoms with E-state index < -0.39 is 16.7 Å². The lowest BCUT2D eigenvalue weighted by molar-refractivity contribution is 0.215. The highest BCUT2D eigenvalue weighted by atomic mass is 16.5. The van der Waals surface area contributed by atoms with Crippen molar-refractivity contribution in [1.29, 1.82) is 0 Å². The van der Waals surface area contributed by atoms with Crippen LogP contribution in [0.3, 0.4) is 0 Å². The van der Waals surface area contributed by atoms with E-state index in [1.807, 2.05) is 57.3 Å². The van der Waals surface area contributed by atoms with Crippen molar-refractivity contribution in [2.24, 2.45) is 0 Å². The Morgan fingerprint density at radius 1 is 1.03 bits per heavy atom. The van der Waals surface area contributed by atoms with Gasteiger partial charge in [-0.25, -0.2) is 4.79 Å². The molecular weight excluding hydrogens is 418 g/mol. The number of hydrogen-bond acceptors (Lipinski definition) is 5. The first-order valence-electron chi connectivity index (χ1n) is 10.6. The molecule has 0 aliphatic heterocycles. The van der Waals surface area contributed by atoms with Crippen LogP contribution in [0.25, 0.3) is 27.6 Å². The molecule has 0 saturated carbocycles. The Labute approximate surface area is 191 Å². The van der Waals surface area contributed by atoms with Crippen LogP contribution in [0.2, 0.25) is 0 Å². The smallest absolute Gasteiger partial charge is 0.332 e. The Bertz CT molecular complexity index is 1450. The van der Waals surface area contributed by atoms with Gasteiger partial charge in [-0.1, -0.05) is 32.0 Å². The maximum atomic E-state index is 12.5. The van der Waals surface area contributed by atoms with Crippen molar-refractivity contribution in [2.75, 3.05) is 26.1 Å². The summed E-state index contributed by atoms with van der Waals surface area (Å²) < 4.78 is 7.22. The van der Waals surface area contributed by atoms with E-state index in [-0.39, 0.29) is 6.61 Å². The first-order chi connectivity index (χ1) is 15.8. The van der Waals surface area contributed by atoms with Gasteiger partial charge in [-0.2, -0.15) is 0 Å². The number of fused-ring (bicyclic) bond motifs is 1. The molecule has 1 aromatic heterocycles. The van der Waals surface area contributed by atoms with E-state index in [1.165, 1.54) is 16.8 Å². The third-order valence-corrected chi connectivity index (χ3v) is 5.94. The summed E-state index contributed by atoms with van der Waals surface area (Å²) in [5, 5.41) is 15.4. The summed E-state index contributed by atoms with van der Waals surface area (Å²) in [6.45, 7) is 3.71. The van der Waals surface area contributed by atoms with Gasteiger partial charge in [-0.3, -0.25) is 14.3 Å². The summed E-state index contributed by atoms with van der Waals surface area (Å²) in [5.74, 6) is 0.626. The molecule has 4 rings (SSSR count). The molecule has 1 heterocycles. The van der Waals surface area contributed by atoms with Crippen LogP contribution < -0.4 is 21.3 Å². The van der Waals surface area contributed by atoms with Crippen LogP contribution in [0.15, 0.2) is 70.4 Å². The summed E-state index contributed by atoms with van der Waals surface area (Å²) in [6.07, 6.45) is 1.45. The van der Waals surface area contributed by atoms with Gasteiger partial charge in [0.05, 0.1) is 19.4 Å². The lowest BCUT2D eigenvalue weighted by Gasteiger charge is -2.27. The number of nitrogens with one attached hydrogen (secondary N) is 2. The predicted octanol–water partition coefficient (Wildman–Crippen LogP) is 3.67. The monoisotopic (exact) mass is 445 g/mol. The summed E-state index contributed by atoms with van der Waals surface area (Å²) in [7, 11) is 3.48. The van der Waals surface area contributed by atoms with E-state index in [0.717, 1.165) is 33.2 Å². The van der Waals surface area contributed by atoms with E-state index in [1.54, 1.807) is 7.11 Å². The minimum Gasteiger partial charge on any atom is -0.496 e. The number of aliphatic hydroxyl groups excluding tert-OH is 1. The lowest BCUT2D eigenvalue weighted by atomic mass is 9.82. The van der Waals surface area contributed by atoms with Gasteiger partial charge in [0.25, 0.3) is 5.56 Å². The highest BCUT2D eigenvalue weighted by molar-refractivity contribution is 5.91. The topological polar surface area (TPSA) is 96.4 Å². The third kappa shape index (κ3) is 4.15. The number of methoxy groups -OCH3 is 1. The number of ether oxygens (including phenoxy) is 1. The van der Waals surface area contributed by atoms with E-state index in [2.05, 4.69) is 22.4 Å². The molecular formula is C26H27N3O4. The van der Waals surface area contributed by atoms with Crippen molar-refractivity contribution < 1.29 is 9.84 Å². The van der Waals surface area contributed by atoms with Gasteiger partial charge in [0.2, 0.25) is 0 Å². The Kier molecular flexibility index (Phi) is 5.82. The first-order valence-corrected chi connectivity index (χ1v) is 10.6. The number of hydrogen-bond donors (Lipinski definition) is 3. The number of benzene rings is 3. The highest BCUT2D eigenvalue weighted by Gasteiger charge is 2.27. The van der Waals surface area contributed by atoms with Gasteiger partial charge < -0.3 is 15.2 Å². The molecule has 7 heteroatoms. The molecule has 0 saturated heterocycles. The molecule has 170 valence electrons. The molecule has 0 spiro atoms. The Morgan fingerprint density at radius 2 is 1.76 bits per heavy atom. The third-order valence-electron chi connectivity index (χ3n) is 5.94. The summed E-state index contributed by atoms with van der Waals surface area (Å²) in [6, 6.07) is 17.2. The van der Waals surface area contributed by atoms with Gasteiger partial charge in [-0.15, -0.1) is 0 Å². The predicted molar refractivity (Wildman–Crippen MR) is 132 cm³/mol. The van der Waals surface area contributed by atoms with Crippen LogP contribution in [-0.2, 0) is 5.41 Å². The fraction of sp³-hybridized carbons (Fsp3) is 0.231. The maximum Gasteiger partial charge on any atom is 0.332 e. The zero-order chi connectivity index (χ0) is 23.8. The van der Waals surface area contributed by atoms with Crippen LogP contribution >= 0.6 is 0 Å². The van der Waals surface area contributed by atoms with Crippen molar-refractivity contribution in [3.05, 3.63) is 87.2 Å². The quantitative estimate of drug-likeness (QED) is 0.421. The molecule has 0 unspecified atom stereocenters. The zero-order valence-corrected chi connectivity index (χ0v) is 19.1. The molecule has 7 nitrogen and oxygen atoms in total. The van der Waals surface area contributed by atoms with Crippen LogP contribution in [0.1, 0.15) is 19.4 Å². The maximum absolute atomic E-state index is 12.5. The molecule has 3 N–H and O–H groups in total. The van der Waals surface area contributed by atoms with Crippen molar-refractivity contribution >= 4 is 16.5 Å². The average molecular weight is 446 g/mol. The highest BCUT2D eigenvalue weighted by Crippen LogP contribution is 2.41. The molecule has 0 radical (unpaired) electrons. The minimum atomic E-state index is -0.638. The molecule has 0 bridgehead atoms. The summed E-state index contributed by atoms with van der Waals surface area (Å²) >= 11 is 0. The van der Waals surface area contributed by atoms with Gasteiger partial charge in [0.15, 0.2) is 0 Å². The minimum absolute atomic E-state index is 0.114. The molecule has 0 aliphatic carbocycles. The second-order valence-corrected chi connectivity index (χ2v) is 8.62. The van der Waals surface area contributed by atoms with E-state index in [0.29, 0.717) is 11.4 Å².